The molecule has 5 heteroatoms. The van der Waals surface area contributed by atoms with Gasteiger partial charge in [0, 0.05) is 22.6 Å². The molecule has 0 aliphatic rings. The van der Waals surface area contributed by atoms with Gasteiger partial charge in [0.1, 0.15) is 11.5 Å². The van der Waals surface area contributed by atoms with Gasteiger partial charge >= 0.3 is 0 Å². The Hall–Kier alpha value is -3.50. The number of aromatic nitrogens is 4. The number of hydrogen-bond acceptors (Lipinski definition) is 3. The molecule has 0 radical (unpaired) electrons. The zero-order valence-electron chi connectivity index (χ0n) is 15.5. The first-order valence-corrected chi connectivity index (χ1v) is 9.76. The number of hydrogen-bond donors (Lipinski definition) is 0. The van der Waals surface area contributed by atoms with E-state index in [2.05, 4.69) is 22.4 Å². The van der Waals surface area contributed by atoms with Gasteiger partial charge in [0.15, 0.2) is 0 Å². The molecule has 0 spiro atoms. The Labute approximate surface area is 173 Å². The second-order valence-electron chi connectivity index (χ2n) is 6.83. The maximum Gasteiger partial charge on any atom is 0.137 e. The van der Waals surface area contributed by atoms with Gasteiger partial charge in [-0.15, -0.1) is 5.10 Å². The van der Waals surface area contributed by atoms with Crippen molar-refractivity contribution in [2.45, 2.75) is 6.42 Å². The van der Waals surface area contributed by atoms with E-state index >= 15 is 0 Å². The fourth-order valence-corrected chi connectivity index (χ4v) is 3.55. The molecule has 0 fully saturated rings. The Morgan fingerprint density at radius 3 is 2.17 bits per heavy atom. The third-order valence-electron chi connectivity index (χ3n) is 4.86. The maximum atomic E-state index is 6.08. The average molecular weight is 397 g/mol. The van der Waals surface area contributed by atoms with Crippen LogP contribution in [0.1, 0.15) is 11.4 Å². The summed E-state index contributed by atoms with van der Waals surface area (Å²) in [7, 11) is 0. The van der Waals surface area contributed by atoms with Crippen molar-refractivity contribution >= 4 is 17.1 Å². The van der Waals surface area contributed by atoms with Crippen molar-refractivity contribution < 1.29 is 0 Å². The maximum absolute atomic E-state index is 6.08. The van der Waals surface area contributed by atoms with Gasteiger partial charge in [0.25, 0.3) is 0 Å². The molecule has 0 bridgehead atoms. The lowest BCUT2D eigenvalue weighted by molar-refractivity contribution is 0.776. The van der Waals surface area contributed by atoms with Crippen LogP contribution < -0.4 is 0 Å². The Balaban J connectivity index is 1.71. The summed E-state index contributed by atoms with van der Waals surface area (Å²) in [5.41, 5.74) is 5.86. The van der Waals surface area contributed by atoms with Crippen molar-refractivity contribution in [3.05, 3.63) is 107 Å². The summed E-state index contributed by atoms with van der Waals surface area (Å²) in [5, 5.41) is 9.60. The van der Waals surface area contributed by atoms with Crippen molar-refractivity contribution in [1.29, 1.82) is 0 Å². The Morgan fingerprint density at radius 1 is 0.759 bits per heavy atom. The minimum atomic E-state index is 0.663. The van der Waals surface area contributed by atoms with Crippen LogP contribution in [0, 0.1) is 0 Å². The highest BCUT2D eigenvalue weighted by Gasteiger charge is 2.15. The Morgan fingerprint density at radius 2 is 1.45 bits per heavy atom. The average Bonchev–Trinajstić information content (AvgIpc) is 3.20. The Kier molecular flexibility index (Phi) is 4.54. The SMILES string of the molecule is Clc1ccc(-c2cc3c(-c4ccccc4)nnn3c(Cc3ccccc3)n2)cc1. The first kappa shape index (κ1) is 17.6. The van der Waals surface area contributed by atoms with Gasteiger partial charge in [-0.25, -0.2) is 4.98 Å². The van der Waals surface area contributed by atoms with E-state index < -0.39 is 0 Å². The lowest BCUT2D eigenvalue weighted by Gasteiger charge is -2.09. The molecule has 0 unspecified atom stereocenters. The summed E-state index contributed by atoms with van der Waals surface area (Å²) < 4.78 is 1.84. The predicted octanol–water partition coefficient (Wildman–Crippen LogP) is 5.70. The van der Waals surface area contributed by atoms with Gasteiger partial charge < -0.3 is 0 Å². The monoisotopic (exact) mass is 396 g/mol. The first-order chi connectivity index (χ1) is 14.3. The third-order valence-corrected chi connectivity index (χ3v) is 5.12. The molecular formula is C24H17ClN4. The standard InChI is InChI=1S/C24H17ClN4/c25-20-13-11-18(12-14-20)21-16-22-24(19-9-5-2-6-10-19)27-28-29(22)23(26-21)15-17-7-3-1-4-8-17/h1-14,16H,15H2. The summed E-state index contributed by atoms with van der Waals surface area (Å²) in [6.07, 6.45) is 0.663. The topological polar surface area (TPSA) is 43.1 Å². The lowest BCUT2D eigenvalue weighted by atomic mass is 10.1. The van der Waals surface area contributed by atoms with Crippen LogP contribution in [0.2, 0.25) is 5.02 Å². The zero-order chi connectivity index (χ0) is 19.6. The summed E-state index contributed by atoms with van der Waals surface area (Å²) in [4.78, 5) is 4.92. The molecule has 4 nitrogen and oxygen atoms in total. The van der Waals surface area contributed by atoms with Crippen LogP contribution in [0.3, 0.4) is 0 Å². The van der Waals surface area contributed by atoms with Crippen LogP contribution in [0.15, 0.2) is 91.0 Å². The van der Waals surface area contributed by atoms with Crippen molar-refractivity contribution in [3.63, 3.8) is 0 Å². The van der Waals surface area contributed by atoms with Gasteiger partial charge in [0.2, 0.25) is 0 Å². The molecule has 29 heavy (non-hydrogen) atoms. The second-order valence-corrected chi connectivity index (χ2v) is 7.26. The molecule has 0 aliphatic heterocycles. The molecule has 0 aliphatic carbocycles. The van der Waals surface area contributed by atoms with Crippen molar-refractivity contribution in [2.75, 3.05) is 0 Å². The molecule has 3 aromatic carbocycles. The zero-order valence-corrected chi connectivity index (χ0v) is 16.3. The van der Waals surface area contributed by atoms with E-state index in [1.54, 1.807) is 0 Å². The fourth-order valence-electron chi connectivity index (χ4n) is 3.42. The fraction of sp³-hybridized carbons (Fsp3) is 0.0417. The highest BCUT2D eigenvalue weighted by Crippen LogP contribution is 2.28. The minimum Gasteiger partial charge on any atom is -0.232 e. The van der Waals surface area contributed by atoms with Crippen molar-refractivity contribution in [1.82, 2.24) is 19.8 Å². The van der Waals surface area contributed by atoms with E-state index in [1.165, 1.54) is 5.56 Å². The second kappa shape index (κ2) is 7.49. The van der Waals surface area contributed by atoms with Crippen LogP contribution in [-0.2, 0) is 6.42 Å². The molecule has 5 rings (SSSR count). The first-order valence-electron chi connectivity index (χ1n) is 9.38. The molecule has 140 valence electrons. The molecule has 0 amide bonds. The molecule has 2 heterocycles. The van der Waals surface area contributed by atoms with E-state index in [4.69, 9.17) is 16.6 Å². The van der Waals surface area contributed by atoms with Crippen LogP contribution in [-0.4, -0.2) is 19.8 Å². The smallest absolute Gasteiger partial charge is 0.137 e. The summed E-state index contributed by atoms with van der Waals surface area (Å²) in [6.45, 7) is 0. The summed E-state index contributed by atoms with van der Waals surface area (Å²) >= 11 is 6.08. The molecule has 0 N–H and O–H groups in total. The largest absolute Gasteiger partial charge is 0.232 e. The van der Waals surface area contributed by atoms with Gasteiger partial charge in [-0.1, -0.05) is 89.6 Å². The van der Waals surface area contributed by atoms with Crippen LogP contribution in [0.25, 0.3) is 28.0 Å². The van der Waals surface area contributed by atoms with E-state index in [1.807, 2.05) is 83.4 Å². The van der Waals surface area contributed by atoms with E-state index in [9.17, 15) is 0 Å². The molecule has 0 saturated carbocycles. The summed E-state index contributed by atoms with van der Waals surface area (Å²) in [6, 6.07) is 30.1. The molecule has 0 atom stereocenters. The minimum absolute atomic E-state index is 0.663. The molecule has 5 aromatic rings. The lowest BCUT2D eigenvalue weighted by Crippen LogP contribution is -2.05. The number of nitrogens with zero attached hydrogens (tertiary/aromatic N) is 4. The predicted molar refractivity (Wildman–Crippen MR) is 116 cm³/mol. The highest BCUT2D eigenvalue weighted by atomic mass is 35.5. The van der Waals surface area contributed by atoms with Gasteiger partial charge in [-0.3, -0.25) is 0 Å². The van der Waals surface area contributed by atoms with Gasteiger partial charge in [0.05, 0.1) is 11.2 Å². The van der Waals surface area contributed by atoms with Gasteiger partial charge in [-0.2, -0.15) is 4.52 Å². The number of benzene rings is 3. The van der Waals surface area contributed by atoms with E-state index in [-0.39, 0.29) is 0 Å². The molecular weight excluding hydrogens is 380 g/mol. The van der Waals surface area contributed by atoms with Crippen LogP contribution in [0.4, 0.5) is 0 Å². The normalized spacial score (nSPS) is 11.1. The number of halogens is 1. The third kappa shape index (κ3) is 3.50. The molecule has 2 aromatic heterocycles. The quantitative estimate of drug-likeness (QED) is 0.391. The summed E-state index contributed by atoms with van der Waals surface area (Å²) in [5.74, 6) is 0.841. The number of rotatable bonds is 4. The van der Waals surface area contributed by atoms with Crippen molar-refractivity contribution in [3.8, 4) is 22.5 Å². The highest BCUT2D eigenvalue weighted by molar-refractivity contribution is 6.30. The Bertz CT molecular complexity index is 1260. The van der Waals surface area contributed by atoms with E-state index in [0.717, 1.165) is 33.9 Å². The van der Waals surface area contributed by atoms with Gasteiger partial charge in [-0.05, 0) is 23.8 Å². The molecule has 0 saturated heterocycles. The van der Waals surface area contributed by atoms with Crippen LogP contribution >= 0.6 is 11.6 Å². The van der Waals surface area contributed by atoms with Crippen molar-refractivity contribution in [2.24, 2.45) is 0 Å². The number of fused-ring (bicyclic) bond motifs is 1. The van der Waals surface area contributed by atoms with Crippen LogP contribution in [0.5, 0.6) is 0 Å². The van der Waals surface area contributed by atoms with E-state index in [0.29, 0.717) is 11.4 Å².